The lowest BCUT2D eigenvalue weighted by molar-refractivity contribution is -0.0819. The molecule has 1 aromatic rings. The largest absolute Gasteiger partial charge is 0.490 e. The first-order valence-corrected chi connectivity index (χ1v) is 6.41. The van der Waals surface area contributed by atoms with Gasteiger partial charge in [0.2, 0.25) is 0 Å². The van der Waals surface area contributed by atoms with Gasteiger partial charge in [0.1, 0.15) is 0 Å². The molecule has 0 aromatic carbocycles. The predicted molar refractivity (Wildman–Crippen MR) is 69.1 cm³/mol. The standard InChI is InChI=1S/C13H20N2O3/c1-2-6-18-12-4-3-5-14-13(12)15-9-11-10-16-7-8-17-11/h3-5,11H,2,6-10H2,1H3,(H,14,15). The second-order valence-corrected chi connectivity index (χ2v) is 4.15. The van der Waals surface area contributed by atoms with Crippen molar-refractivity contribution in [1.29, 1.82) is 0 Å². The maximum absolute atomic E-state index is 5.63. The quantitative estimate of drug-likeness (QED) is 0.835. The Balaban J connectivity index is 1.87. The van der Waals surface area contributed by atoms with Crippen LogP contribution in [0.15, 0.2) is 18.3 Å². The number of hydrogen-bond donors (Lipinski definition) is 1. The van der Waals surface area contributed by atoms with Gasteiger partial charge in [0.25, 0.3) is 0 Å². The van der Waals surface area contributed by atoms with Gasteiger partial charge in [-0.3, -0.25) is 0 Å². The number of rotatable bonds is 6. The normalized spacial score (nSPS) is 19.5. The fourth-order valence-electron chi connectivity index (χ4n) is 1.72. The zero-order valence-corrected chi connectivity index (χ0v) is 10.7. The van der Waals surface area contributed by atoms with Gasteiger partial charge < -0.3 is 19.5 Å². The molecule has 1 aliphatic heterocycles. The van der Waals surface area contributed by atoms with E-state index in [9.17, 15) is 0 Å². The second kappa shape index (κ2) is 7.18. The average molecular weight is 252 g/mol. The van der Waals surface area contributed by atoms with Crippen molar-refractivity contribution >= 4 is 5.82 Å². The third-order valence-electron chi connectivity index (χ3n) is 2.61. The molecular weight excluding hydrogens is 232 g/mol. The van der Waals surface area contributed by atoms with Crippen molar-refractivity contribution in [3.05, 3.63) is 18.3 Å². The molecule has 0 spiro atoms. The molecule has 1 N–H and O–H groups in total. The smallest absolute Gasteiger partial charge is 0.168 e. The Hall–Kier alpha value is -1.33. The summed E-state index contributed by atoms with van der Waals surface area (Å²) in [5.41, 5.74) is 0. The van der Waals surface area contributed by atoms with E-state index >= 15 is 0 Å². The number of nitrogens with zero attached hydrogens (tertiary/aromatic N) is 1. The minimum absolute atomic E-state index is 0.0831. The molecule has 1 aromatic heterocycles. The van der Waals surface area contributed by atoms with Crippen LogP contribution in [0.3, 0.4) is 0 Å². The van der Waals surface area contributed by atoms with Crippen LogP contribution in [-0.4, -0.2) is 44.1 Å². The maximum Gasteiger partial charge on any atom is 0.168 e. The summed E-state index contributed by atoms with van der Waals surface area (Å²) in [6.45, 7) is 5.43. The summed E-state index contributed by atoms with van der Waals surface area (Å²) in [6, 6.07) is 3.79. The first-order chi connectivity index (χ1) is 8.90. The second-order valence-electron chi connectivity index (χ2n) is 4.15. The number of ether oxygens (including phenoxy) is 3. The van der Waals surface area contributed by atoms with Crippen LogP contribution in [-0.2, 0) is 9.47 Å². The van der Waals surface area contributed by atoms with Gasteiger partial charge in [0.05, 0.1) is 32.5 Å². The van der Waals surface area contributed by atoms with Crippen LogP contribution in [0.5, 0.6) is 5.75 Å². The van der Waals surface area contributed by atoms with E-state index in [0.29, 0.717) is 33.0 Å². The van der Waals surface area contributed by atoms with Crippen molar-refractivity contribution < 1.29 is 14.2 Å². The van der Waals surface area contributed by atoms with Crippen LogP contribution < -0.4 is 10.1 Å². The Morgan fingerprint density at radius 1 is 1.50 bits per heavy atom. The number of nitrogens with one attached hydrogen (secondary N) is 1. The highest BCUT2D eigenvalue weighted by Gasteiger charge is 2.15. The zero-order valence-electron chi connectivity index (χ0n) is 10.7. The monoisotopic (exact) mass is 252 g/mol. The summed E-state index contributed by atoms with van der Waals surface area (Å²) in [6.07, 6.45) is 2.81. The van der Waals surface area contributed by atoms with Crippen molar-refractivity contribution in [1.82, 2.24) is 4.98 Å². The van der Waals surface area contributed by atoms with Gasteiger partial charge in [-0.05, 0) is 18.6 Å². The van der Waals surface area contributed by atoms with E-state index in [1.165, 1.54) is 0 Å². The number of anilines is 1. The Morgan fingerprint density at radius 2 is 2.44 bits per heavy atom. The van der Waals surface area contributed by atoms with E-state index in [-0.39, 0.29) is 6.10 Å². The van der Waals surface area contributed by atoms with Crippen LogP contribution >= 0.6 is 0 Å². The maximum atomic E-state index is 5.63. The fraction of sp³-hybridized carbons (Fsp3) is 0.615. The number of aromatic nitrogens is 1. The molecule has 1 aliphatic rings. The summed E-state index contributed by atoms with van der Waals surface area (Å²) in [7, 11) is 0. The Kier molecular flexibility index (Phi) is 5.23. The van der Waals surface area contributed by atoms with Gasteiger partial charge in [0.15, 0.2) is 11.6 Å². The van der Waals surface area contributed by atoms with E-state index in [2.05, 4.69) is 17.2 Å². The van der Waals surface area contributed by atoms with Crippen molar-refractivity contribution in [3.8, 4) is 5.75 Å². The third-order valence-corrected chi connectivity index (χ3v) is 2.61. The predicted octanol–water partition coefficient (Wildman–Crippen LogP) is 1.70. The summed E-state index contributed by atoms with van der Waals surface area (Å²) >= 11 is 0. The van der Waals surface area contributed by atoms with Gasteiger partial charge in [-0.15, -0.1) is 0 Å². The van der Waals surface area contributed by atoms with Crippen molar-refractivity contribution in [2.24, 2.45) is 0 Å². The van der Waals surface area contributed by atoms with Crippen LogP contribution in [0.2, 0.25) is 0 Å². The highest BCUT2D eigenvalue weighted by molar-refractivity contribution is 5.49. The van der Waals surface area contributed by atoms with Crippen molar-refractivity contribution in [3.63, 3.8) is 0 Å². The first kappa shape index (κ1) is 13.1. The average Bonchev–Trinajstić information content (AvgIpc) is 2.45. The van der Waals surface area contributed by atoms with Crippen LogP contribution in [0.4, 0.5) is 5.82 Å². The highest BCUT2D eigenvalue weighted by Crippen LogP contribution is 2.21. The first-order valence-electron chi connectivity index (χ1n) is 6.41. The lowest BCUT2D eigenvalue weighted by Crippen LogP contribution is -2.34. The number of pyridine rings is 1. The molecule has 18 heavy (non-hydrogen) atoms. The third kappa shape index (κ3) is 3.85. The molecule has 5 heteroatoms. The van der Waals surface area contributed by atoms with Gasteiger partial charge in [-0.25, -0.2) is 4.98 Å². The number of hydrogen-bond acceptors (Lipinski definition) is 5. The van der Waals surface area contributed by atoms with Crippen molar-refractivity contribution in [2.75, 3.05) is 38.3 Å². The highest BCUT2D eigenvalue weighted by atomic mass is 16.6. The van der Waals surface area contributed by atoms with E-state index in [1.807, 2.05) is 12.1 Å². The molecule has 0 amide bonds. The molecule has 1 atom stereocenters. The molecule has 0 aliphatic carbocycles. The minimum atomic E-state index is 0.0831. The topological polar surface area (TPSA) is 52.6 Å². The molecule has 1 fully saturated rings. The summed E-state index contributed by atoms with van der Waals surface area (Å²) in [5.74, 6) is 1.55. The van der Waals surface area contributed by atoms with Crippen LogP contribution in [0.1, 0.15) is 13.3 Å². The minimum Gasteiger partial charge on any atom is -0.490 e. The Morgan fingerprint density at radius 3 is 3.22 bits per heavy atom. The van der Waals surface area contributed by atoms with Crippen LogP contribution in [0, 0.1) is 0 Å². The Labute approximate surface area is 107 Å². The lowest BCUT2D eigenvalue weighted by atomic mass is 10.3. The lowest BCUT2D eigenvalue weighted by Gasteiger charge is -2.23. The summed E-state index contributed by atoms with van der Waals surface area (Å²) < 4.78 is 16.5. The van der Waals surface area contributed by atoms with E-state index < -0.39 is 0 Å². The fourth-order valence-corrected chi connectivity index (χ4v) is 1.72. The summed E-state index contributed by atoms with van der Waals surface area (Å²) in [5, 5.41) is 3.25. The molecule has 2 rings (SSSR count). The van der Waals surface area contributed by atoms with Gasteiger partial charge in [-0.1, -0.05) is 6.92 Å². The molecule has 1 unspecified atom stereocenters. The van der Waals surface area contributed by atoms with E-state index in [4.69, 9.17) is 14.2 Å². The zero-order chi connectivity index (χ0) is 12.6. The molecular formula is C13H20N2O3. The molecule has 0 radical (unpaired) electrons. The molecule has 5 nitrogen and oxygen atoms in total. The SMILES string of the molecule is CCCOc1cccnc1NCC1COCCO1. The molecule has 100 valence electrons. The molecule has 0 bridgehead atoms. The summed E-state index contributed by atoms with van der Waals surface area (Å²) in [4.78, 5) is 4.28. The molecule has 0 saturated carbocycles. The van der Waals surface area contributed by atoms with Gasteiger partial charge in [0, 0.05) is 12.7 Å². The van der Waals surface area contributed by atoms with Crippen molar-refractivity contribution in [2.45, 2.75) is 19.4 Å². The van der Waals surface area contributed by atoms with E-state index in [1.54, 1.807) is 6.20 Å². The molecule has 2 heterocycles. The molecule has 1 saturated heterocycles. The van der Waals surface area contributed by atoms with E-state index in [0.717, 1.165) is 18.0 Å². The van der Waals surface area contributed by atoms with Gasteiger partial charge in [-0.2, -0.15) is 0 Å². The Bertz CT molecular complexity index is 354. The van der Waals surface area contributed by atoms with Crippen LogP contribution in [0.25, 0.3) is 0 Å². The van der Waals surface area contributed by atoms with Gasteiger partial charge >= 0.3 is 0 Å².